The van der Waals surface area contributed by atoms with Crippen molar-refractivity contribution in [2.75, 3.05) is 5.73 Å². The van der Waals surface area contributed by atoms with Crippen LogP contribution in [0.2, 0.25) is 0 Å². The van der Waals surface area contributed by atoms with E-state index >= 15 is 0 Å². The Morgan fingerprint density at radius 1 is 1.29 bits per heavy atom. The SMILES string of the molecule is Nc1cc(OC(F)(F)F)c(F)cc1Br. The van der Waals surface area contributed by atoms with E-state index in [9.17, 15) is 17.6 Å². The van der Waals surface area contributed by atoms with Crippen molar-refractivity contribution in [3.8, 4) is 5.75 Å². The van der Waals surface area contributed by atoms with Gasteiger partial charge in [-0.2, -0.15) is 0 Å². The van der Waals surface area contributed by atoms with Gasteiger partial charge in [-0.1, -0.05) is 0 Å². The number of nitrogen functional groups attached to an aromatic ring is 1. The van der Waals surface area contributed by atoms with Crippen molar-refractivity contribution >= 4 is 21.6 Å². The minimum absolute atomic E-state index is 0.0364. The second-order valence-corrected chi connectivity index (χ2v) is 3.21. The third-order valence-electron chi connectivity index (χ3n) is 1.28. The van der Waals surface area contributed by atoms with E-state index in [4.69, 9.17) is 5.73 Å². The third kappa shape index (κ3) is 2.76. The molecule has 0 bridgehead atoms. The molecule has 0 aliphatic heterocycles. The first-order valence-corrected chi connectivity index (χ1v) is 4.09. The molecule has 0 heterocycles. The van der Waals surface area contributed by atoms with Crippen LogP contribution in [0.25, 0.3) is 0 Å². The fraction of sp³-hybridized carbons (Fsp3) is 0.143. The number of rotatable bonds is 1. The van der Waals surface area contributed by atoms with Crippen molar-refractivity contribution in [3.63, 3.8) is 0 Å². The number of benzene rings is 1. The van der Waals surface area contributed by atoms with Gasteiger partial charge < -0.3 is 10.5 Å². The number of hydrogen-bond donors (Lipinski definition) is 1. The summed E-state index contributed by atoms with van der Waals surface area (Å²) in [6.07, 6.45) is -4.93. The molecule has 0 spiro atoms. The van der Waals surface area contributed by atoms with Crippen LogP contribution < -0.4 is 10.5 Å². The zero-order chi connectivity index (χ0) is 10.9. The summed E-state index contributed by atoms with van der Waals surface area (Å²) in [6, 6.07) is 1.56. The number of nitrogens with two attached hydrogens (primary N) is 1. The second-order valence-electron chi connectivity index (χ2n) is 2.35. The number of anilines is 1. The fourth-order valence-electron chi connectivity index (χ4n) is 0.748. The number of alkyl halides is 3. The van der Waals surface area contributed by atoms with Crippen LogP contribution in [0.5, 0.6) is 5.75 Å². The van der Waals surface area contributed by atoms with Crippen LogP contribution in [0.1, 0.15) is 0 Å². The Balaban J connectivity index is 3.04. The molecule has 14 heavy (non-hydrogen) atoms. The van der Waals surface area contributed by atoms with Gasteiger partial charge in [-0.15, -0.1) is 13.2 Å². The van der Waals surface area contributed by atoms with Crippen LogP contribution in [0.3, 0.4) is 0 Å². The highest BCUT2D eigenvalue weighted by atomic mass is 79.9. The molecule has 0 aromatic heterocycles. The lowest BCUT2D eigenvalue weighted by Crippen LogP contribution is -2.18. The summed E-state index contributed by atoms with van der Waals surface area (Å²) in [6.45, 7) is 0. The highest BCUT2D eigenvalue weighted by molar-refractivity contribution is 9.10. The Morgan fingerprint density at radius 3 is 2.36 bits per heavy atom. The maximum atomic E-state index is 12.9. The van der Waals surface area contributed by atoms with Crippen LogP contribution >= 0.6 is 15.9 Å². The molecule has 1 aromatic rings. The standard InChI is InChI=1S/C7H4BrF4NO/c8-3-1-4(9)6(2-5(3)13)14-7(10,11)12/h1-2H,13H2. The zero-order valence-corrected chi connectivity index (χ0v) is 8.12. The molecule has 1 rings (SSSR count). The van der Waals surface area contributed by atoms with E-state index in [1.807, 2.05) is 0 Å². The predicted molar refractivity (Wildman–Crippen MR) is 45.2 cm³/mol. The second kappa shape index (κ2) is 3.64. The Morgan fingerprint density at radius 2 is 1.86 bits per heavy atom. The van der Waals surface area contributed by atoms with Gasteiger partial charge >= 0.3 is 6.36 Å². The number of ether oxygens (including phenoxy) is 1. The van der Waals surface area contributed by atoms with Crippen molar-refractivity contribution in [1.82, 2.24) is 0 Å². The smallest absolute Gasteiger partial charge is 0.403 e. The van der Waals surface area contributed by atoms with Crippen molar-refractivity contribution in [1.29, 1.82) is 0 Å². The van der Waals surface area contributed by atoms with Gasteiger partial charge in [0.05, 0.1) is 0 Å². The molecule has 0 radical (unpaired) electrons. The molecule has 0 saturated heterocycles. The fourth-order valence-corrected chi connectivity index (χ4v) is 1.06. The van der Waals surface area contributed by atoms with E-state index in [-0.39, 0.29) is 10.2 Å². The summed E-state index contributed by atoms with van der Waals surface area (Å²) < 4.78 is 51.6. The van der Waals surface area contributed by atoms with Crippen LogP contribution in [0, 0.1) is 5.82 Å². The molecule has 0 amide bonds. The van der Waals surface area contributed by atoms with Crippen LogP contribution in [-0.4, -0.2) is 6.36 Å². The molecule has 78 valence electrons. The Bertz CT molecular complexity index is 352. The average molecular weight is 274 g/mol. The van der Waals surface area contributed by atoms with Crippen molar-refractivity contribution in [2.45, 2.75) is 6.36 Å². The van der Waals surface area contributed by atoms with Gasteiger partial charge in [-0.3, -0.25) is 0 Å². The van der Waals surface area contributed by atoms with Crippen molar-refractivity contribution in [3.05, 3.63) is 22.4 Å². The minimum Gasteiger partial charge on any atom is -0.403 e. The van der Waals surface area contributed by atoms with Gasteiger partial charge in [0.2, 0.25) is 0 Å². The first kappa shape index (κ1) is 11.1. The average Bonchev–Trinajstić information content (AvgIpc) is 1.97. The quantitative estimate of drug-likeness (QED) is 0.631. The van der Waals surface area contributed by atoms with Gasteiger partial charge in [-0.05, 0) is 22.0 Å². The normalized spacial score (nSPS) is 11.5. The molecule has 0 atom stereocenters. The van der Waals surface area contributed by atoms with Gasteiger partial charge in [0.1, 0.15) is 0 Å². The molecule has 7 heteroatoms. The zero-order valence-electron chi connectivity index (χ0n) is 6.53. The van der Waals surface area contributed by atoms with E-state index in [1.165, 1.54) is 0 Å². The molecule has 0 aliphatic carbocycles. The van der Waals surface area contributed by atoms with Crippen LogP contribution in [-0.2, 0) is 0 Å². The summed E-state index contributed by atoms with van der Waals surface area (Å²) in [5, 5.41) is 0. The lowest BCUT2D eigenvalue weighted by Gasteiger charge is -2.10. The highest BCUT2D eigenvalue weighted by Gasteiger charge is 2.32. The Kier molecular flexibility index (Phi) is 2.89. The molecule has 0 saturated carbocycles. The van der Waals surface area contributed by atoms with Gasteiger partial charge in [0.25, 0.3) is 0 Å². The monoisotopic (exact) mass is 273 g/mol. The summed E-state index contributed by atoms with van der Waals surface area (Å²) in [4.78, 5) is 0. The van der Waals surface area contributed by atoms with E-state index in [2.05, 4.69) is 20.7 Å². The molecule has 2 N–H and O–H groups in total. The Labute approximate surface area is 84.8 Å². The molecule has 2 nitrogen and oxygen atoms in total. The van der Waals surface area contributed by atoms with Crippen LogP contribution in [0.15, 0.2) is 16.6 Å². The molecule has 0 unspecified atom stereocenters. The topological polar surface area (TPSA) is 35.2 Å². The third-order valence-corrected chi connectivity index (χ3v) is 1.96. The summed E-state index contributed by atoms with van der Waals surface area (Å²) >= 11 is 2.86. The summed E-state index contributed by atoms with van der Waals surface area (Å²) in [7, 11) is 0. The number of halogens is 5. The molecular weight excluding hydrogens is 270 g/mol. The molecular formula is C7H4BrF4NO. The van der Waals surface area contributed by atoms with E-state index < -0.39 is 17.9 Å². The summed E-state index contributed by atoms with van der Waals surface area (Å²) in [5.74, 6) is -2.08. The van der Waals surface area contributed by atoms with E-state index in [0.717, 1.165) is 12.1 Å². The number of hydrogen-bond acceptors (Lipinski definition) is 2. The lowest BCUT2D eigenvalue weighted by atomic mass is 10.3. The maximum Gasteiger partial charge on any atom is 0.573 e. The van der Waals surface area contributed by atoms with Crippen molar-refractivity contribution in [2.24, 2.45) is 0 Å². The molecule has 0 fully saturated rings. The van der Waals surface area contributed by atoms with Crippen molar-refractivity contribution < 1.29 is 22.3 Å². The predicted octanol–water partition coefficient (Wildman–Crippen LogP) is 3.07. The van der Waals surface area contributed by atoms with E-state index in [1.54, 1.807) is 0 Å². The highest BCUT2D eigenvalue weighted by Crippen LogP contribution is 2.31. The molecule has 0 aliphatic rings. The van der Waals surface area contributed by atoms with Crippen LogP contribution in [0.4, 0.5) is 23.2 Å². The summed E-state index contributed by atoms with van der Waals surface area (Å²) in [5.41, 5.74) is 5.21. The van der Waals surface area contributed by atoms with Gasteiger partial charge in [0.15, 0.2) is 11.6 Å². The first-order valence-electron chi connectivity index (χ1n) is 3.30. The van der Waals surface area contributed by atoms with Gasteiger partial charge in [-0.25, -0.2) is 4.39 Å². The van der Waals surface area contributed by atoms with E-state index in [0.29, 0.717) is 0 Å². The van der Waals surface area contributed by atoms with Gasteiger partial charge in [0, 0.05) is 16.2 Å². The lowest BCUT2D eigenvalue weighted by molar-refractivity contribution is -0.275. The molecule has 1 aromatic carbocycles. The maximum absolute atomic E-state index is 12.9. The largest absolute Gasteiger partial charge is 0.573 e. The first-order chi connectivity index (χ1) is 6.29. The Hall–Kier alpha value is -0.980. The minimum atomic E-state index is -4.93.